The molecule has 0 aromatic rings. The lowest BCUT2D eigenvalue weighted by atomic mass is 10.4. The van der Waals surface area contributed by atoms with Gasteiger partial charge in [0.1, 0.15) is 0 Å². The van der Waals surface area contributed by atoms with Crippen molar-refractivity contribution in [3.63, 3.8) is 0 Å². The molecular formula is C6H13O2. The van der Waals surface area contributed by atoms with Gasteiger partial charge in [-0.15, -0.1) is 0 Å². The maximum atomic E-state index is 8.22. The first-order valence-corrected chi connectivity index (χ1v) is 2.89. The number of unbranched alkanes of at least 4 members (excludes halogenated alkanes) is 1. The van der Waals surface area contributed by atoms with Gasteiger partial charge in [0.15, 0.2) is 0 Å². The Kier molecular flexibility index (Phi) is 6.85. The van der Waals surface area contributed by atoms with Gasteiger partial charge >= 0.3 is 0 Å². The molecule has 1 N–H and O–H groups in total. The van der Waals surface area contributed by atoms with Crippen LogP contribution in [0.4, 0.5) is 0 Å². The number of rotatable bonds is 5. The summed E-state index contributed by atoms with van der Waals surface area (Å²) >= 11 is 0. The van der Waals surface area contributed by atoms with Gasteiger partial charge in [-0.3, -0.25) is 0 Å². The molecule has 0 aliphatic carbocycles. The van der Waals surface area contributed by atoms with Crippen molar-refractivity contribution in [3.8, 4) is 0 Å². The van der Waals surface area contributed by atoms with Crippen molar-refractivity contribution < 1.29 is 9.84 Å². The minimum atomic E-state index is 0.122. The van der Waals surface area contributed by atoms with E-state index in [1.165, 1.54) is 0 Å². The minimum Gasteiger partial charge on any atom is -0.394 e. The molecule has 1 radical (unpaired) electrons. The first kappa shape index (κ1) is 7.92. The van der Waals surface area contributed by atoms with Crippen molar-refractivity contribution in [3.05, 3.63) is 6.92 Å². The molecule has 0 amide bonds. The van der Waals surface area contributed by atoms with Crippen LogP contribution in [0.1, 0.15) is 12.8 Å². The molecular weight excluding hydrogens is 104 g/mol. The highest BCUT2D eigenvalue weighted by atomic mass is 16.5. The van der Waals surface area contributed by atoms with E-state index in [0.717, 1.165) is 19.4 Å². The van der Waals surface area contributed by atoms with Gasteiger partial charge in [0.25, 0.3) is 0 Å². The zero-order valence-corrected chi connectivity index (χ0v) is 5.10. The minimum absolute atomic E-state index is 0.122. The lowest BCUT2D eigenvalue weighted by molar-refractivity contribution is 0.0911. The van der Waals surface area contributed by atoms with E-state index < -0.39 is 0 Å². The van der Waals surface area contributed by atoms with Crippen molar-refractivity contribution >= 4 is 0 Å². The summed E-state index contributed by atoms with van der Waals surface area (Å²) in [6.45, 7) is 4.95. The Morgan fingerprint density at radius 3 is 2.62 bits per heavy atom. The topological polar surface area (TPSA) is 29.5 Å². The molecule has 0 spiro atoms. The Balaban J connectivity index is 2.53. The van der Waals surface area contributed by atoms with Gasteiger partial charge in [0.05, 0.1) is 13.2 Å². The second kappa shape index (κ2) is 6.92. The molecule has 0 aromatic heterocycles. The third-order valence-corrected chi connectivity index (χ3v) is 0.774. The van der Waals surface area contributed by atoms with E-state index >= 15 is 0 Å². The molecule has 2 heteroatoms. The highest BCUT2D eigenvalue weighted by Gasteiger charge is 1.82. The number of hydrogen-bond donors (Lipinski definition) is 1. The molecule has 0 aliphatic rings. The Morgan fingerprint density at radius 2 is 2.12 bits per heavy atom. The van der Waals surface area contributed by atoms with Gasteiger partial charge in [-0.05, 0) is 6.42 Å². The molecule has 0 fully saturated rings. The summed E-state index contributed by atoms with van der Waals surface area (Å²) in [6.07, 6.45) is 1.89. The van der Waals surface area contributed by atoms with Crippen LogP contribution in [0.25, 0.3) is 0 Å². The van der Waals surface area contributed by atoms with Crippen molar-refractivity contribution in [2.75, 3.05) is 19.8 Å². The van der Waals surface area contributed by atoms with Gasteiger partial charge < -0.3 is 9.84 Å². The van der Waals surface area contributed by atoms with E-state index in [-0.39, 0.29) is 6.61 Å². The highest BCUT2D eigenvalue weighted by Crippen LogP contribution is 1.85. The Bertz CT molecular complexity index is 31.5. The predicted molar refractivity (Wildman–Crippen MR) is 32.5 cm³/mol. The number of hydrogen-bond acceptors (Lipinski definition) is 2. The average molecular weight is 117 g/mol. The fraction of sp³-hybridized carbons (Fsp3) is 0.833. The molecule has 0 unspecified atom stereocenters. The van der Waals surface area contributed by atoms with E-state index in [2.05, 4.69) is 6.92 Å². The van der Waals surface area contributed by atoms with E-state index in [9.17, 15) is 0 Å². The quantitative estimate of drug-likeness (QED) is 0.534. The normalized spacial score (nSPS) is 9.75. The highest BCUT2D eigenvalue weighted by molar-refractivity contribution is 4.38. The van der Waals surface area contributed by atoms with Crippen LogP contribution in [0.5, 0.6) is 0 Å². The van der Waals surface area contributed by atoms with Gasteiger partial charge in [0, 0.05) is 6.61 Å². The summed E-state index contributed by atoms with van der Waals surface area (Å²) in [5.41, 5.74) is 0. The standard InChI is InChI=1S/C6H13O2/c1-2-3-5-8-6-4-7/h7H,1-6H2. The second-order valence-electron chi connectivity index (χ2n) is 1.54. The summed E-state index contributed by atoms with van der Waals surface area (Å²) in [5, 5.41) is 8.22. The fourth-order valence-electron chi connectivity index (χ4n) is 0.371. The van der Waals surface area contributed by atoms with Crippen molar-refractivity contribution in [2.24, 2.45) is 0 Å². The van der Waals surface area contributed by atoms with Crippen molar-refractivity contribution in [2.45, 2.75) is 12.8 Å². The molecule has 2 nitrogen and oxygen atoms in total. The van der Waals surface area contributed by atoms with E-state index in [1.807, 2.05) is 0 Å². The Hall–Kier alpha value is -0.0800. The molecule has 0 saturated carbocycles. The molecule has 0 aromatic carbocycles. The SMILES string of the molecule is [CH2]CCCOCCO. The Labute approximate surface area is 50.5 Å². The van der Waals surface area contributed by atoms with Crippen molar-refractivity contribution in [1.82, 2.24) is 0 Å². The summed E-state index contributed by atoms with van der Waals surface area (Å²) in [6, 6.07) is 0. The Morgan fingerprint density at radius 1 is 1.38 bits per heavy atom. The first-order valence-electron chi connectivity index (χ1n) is 2.89. The monoisotopic (exact) mass is 117 g/mol. The molecule has 0 heterocycles. The van der Waals surface area contributed by atoms with Crippen LogP contribution in [0.15, 0.2) is 0 Å². The van der Waals surface area contributed by atoms with Gasteiger partial charge in [-0.1, -0.05) is 13.3 Å². The lowest BCUT2D eigenvalue weighted by Crippen LogP contribution is -1.99. The zero-order valence-electron chi connectivity index (χ0n) is 5.10. The summed E-state index contributed by atoms with van der Waals surface area (Å²) in [5.74, 6) is 0. The maximum Gasteiger partial charge on any atom is 0.0697 e. The summed E-state index contributed by atoms with van der Waals surface area (Å²) in [4.78, 5) is 0. The third-order valence-electron chi connectivity index (χ3n) is 0.774. The smallest absolute Gasteiger partial charge is 0.0697 e. The van der Waals surface area contributed by atoms with E-state index in [1.54, 1.807) is 0 Å². The molecule has 49 valence electrons. The summed E-state index contributed by atoms with van der Waals surface area (Å²) < 4.78 is 4.93. The third kappa shape index (κ3) is 5.92. The predicted octanol–water partition coefficient (Wildman–Crippen LogP) is 0.610. The number of aliphatic hydroxyl groups excluding tert-OH is 1. The largest absolute Gasteiger partial charge is 0.394 e. The van der Waals surface area contributed by atoms with Crippen LogP contribution >= 0.6 is 0 Å². The first-order chi connectivity index (χ1) is 3.91. The average Bonchev–Trinajstić information content (AvgIpc) is 1.81. The van der Waals surface area contributed by atoms with Crippen molar-refractivity contribution in [1.29, 1.82) is 0 Å². The van der Waals surface area contributed by atoms with Crippen LogP contribution in [-0.4, -0.2) is 24.9 Å². The van der Waals surface area contributed by atoms with E-state index in [0.29, 0.717) is 6.61 Å². The van der Waals surface area contributed by atoms with Crippen LogP contribution in [0.2, 0.25) is 0 Å². The molecule has 0 rings (SSSR count). The van der Waals surface area contributed by atoms with Crippen LogP contribution in [-0.2, 0) is 4.74 Å². The summed E-state index contributed by atoms with van der Waals surface area (Å²) in [7, 11) is 0. The molecule has 8 heavy (non-hydrogen) atoms. The second-order valence-corrected chi connectivity index (χ2v) is 1.54. The fourth-order valence-corrected chi connectivity index (χ4v) is 0.371. The van der Waals surface area contributed by atoms with Crippen LogP contribution in [0, 0.1) is 6.92 Å². The lowest BCUT2D eigenvalue weighted by Gasteiger charge is -1.97. The van der Waals surface area contributed by atoms with Gasteiger partial charge in [-0.25, -0.2) is 0 Å². The van der Waals surface area contributed by atoms with Gasteiger partial charge in [0.2, 0.25) is 0 Å². The van der Waals surface area contributed by atoms with Gasteiger partial charge in [-0.2, -0.15) is 0 Å². The zero-order chi connectivity index (χ0) is 6.24. The molecule has 0 saturated heterocycles. The number of ether oxygens (including phenoxy) is 1. The van der Waals surface area contributed by atoms with E-state index in [4.69, 9.17) is 9.84 Å². The van der Waals surface area contributed by atoms with Crippen LogP contribution < -0.4 is 0 Å². The van der Waals surface area contributed by atoms with Crippen LogP contribution in [0.3, 0.4) is 0 Å². The maximum absolute atomic E-state index is 8.22. The number of aliphatic hydroxyl groups is 1. The molecule has 0 atom stereocenters. The molecule has 0 bridgehead atoms. The molecule has 0 aliphatic heterocycles.